The zero-order valence-corrected chi connectivity index (χ0v) is 14.4. The third kappa shape index (κ3) is 2.62. The van der Waals surface area contributed by atoms with Crippen molar-refractivity contribution in [1.29, 1.82) is 0 Å². The van der Waals surface area contributed by atoms with E-state index in [9.17, 15) is 0 Å². The number of benzene rings is 2. The third-order valence-corrected chi connectivity index (χ3v) is 5.74. The van der Waals surface area contributed by atoms with Crippen molar-refractivity contribution in [2.45, 2.75) is 30.9 Å². The summed E-state index contributed by atoms with van der Waals surface area (Å²) in [4.78, 5) is 0. The number of methoxy groups -OCH3 is 2. The average molecular weight is 323 g/mol. The van der Waals surface area contributed by atoms with Gasteiger partial charge in [-0.1, -0.05) is 42.5 Å². The first-order valence-corrected chi connectivity index (χ1v) is 8.78. The Morgan fingerprint density at radius 3 is 2.62 bits per heavy atom. The summed E-state index contributed by atoms with van der Waals surface area (Å²) >= 11 is 0. The molecule has 1 heterocycles. The molecule has 24 heavy (non-hydrogen) atoms. The molecule has 0 aromatic heterocycles. The molecule has 1 saturated heterocycles. The highest BCUT2D eigenvalue weighted by atomic mass is 16.5. The highest BCUT2D eigenvalue weighted by Gasteiger charge is 2.44. The van der Waals surface area contributed by atoms with E-state index in [1.807, 2.05) is 7.11 Å². The molecule has 2 aromatic rings. The van der Waals surface area contributed by atoms with E-state index < -0.39 is 0 Å². The molecule has 0 bridgehead atoms. The molecule has 4 atom stereocenters. The van der Waals surface area contributed by atoms with Gasteiger partial charge in [-0.15, -0.1) is 0 Å². The fourth-order valence-electron chi connectivity index (χ4n) is 4.61. The minimum Gasteiger partial charge on any atom is -0.496 e. The summed E-state index contributed by atoms with van der Waals surface area (Å²) in [5.41, 5.74) is 4.06. The normalized spacial score (nSPS) is 28.2. The Labute approximate surface area is 144 Å². The van der Waals surface area contributed by atoms with Crippen LogP contribution in [0.25, 0.3) is 0 Å². The first-order chi connectivity index (χ1) is 11.8. The van der Waals surface area contributed by atoms with E-state index in [4.69, 9.17) is 9.47 Å². The molecule has 0 amide bonds. The maximum Gasteiger partial charge on any atom is 0.124 e. The topological polar surface area (TPSA) is 30.5 Å². The Bertz CT molecular complexity index is 700. The highest BCUT2D eigenvalue weighted by Crippen LogP contribution is 2.49. The first-order valence-electron chi connectivity index (χ1n) is 8.78. The molecule has 2 unspecified atom stereocenters. The number of ether oxygens (including phenoxy) is 2. The van der Waals surface area contributed by atoms with Crippen LogP contribution in [0.1, 0.15) is 35.1 Å². The van der Waals surface area contributed by atoms with Crippen LogP contribution in [0.5, 0.6) is 5.75 Å². The Morgan fingerprint density at radius 1 is 1.04 bits per heavy atom. The van der Waals surface area contributed by atoms with Gasteiger partial charge < -0.3 is 14.8 Å². The van der Waals surface area contributed by atoms with Crippen LogP contribution in [0.3, 0.4) is 0 Å². The molecule has 1 aliphatic carbocycles. The van der Waals surface area contributed by atoms with Gasteiger partial charge in [0.25, 0.3) is 0 Å². The van der Waals surface area contributed by atoms with Gasteiger partial charge in [0.15, 0.2) is 0 Å². The number of hydrogen-bond acceptors (Lipinski definition) is 3. The molecule has 0 spiro atoms. The van der Waals surface area contributed by atoms with Crippen molar-refractivity contribution in [2.24, 2.45) is 5.92 Å². The molecule has 2 aromatic carbocycles. The van der Waals surface area contributed by atoms with Crippen LogP contribution in [-0.4, -0.2) is 26.8 Å². The lowest BCUT2D eigenvalue weighted by atomic mass is 9.72. The van der Waals surface area contributed by atoms with E-state index in [1.165, 1.54) is 16.7 Å². The molecular formula is C21H25NO2. The van der Waals surface area contributed by atoms with Gasteiger partial charge in [0.1, 0.15) is 5.75 Å². The van der Waals surface area contributed by atoms with Crippen LogP contribution >= 0.6 is 0 Å². The zero-order valence-electron chi connectivity index (χ0n) is 14.4. The third-order valence-electron chi connectivity index (χ3n) is 5.74. The number of rotatable bonds is 4. The van der Waals surface area contributed by atoms with E-state index in [2.05, 4.69) is 53.8 Å². The predicted octanol–water partition coefficient (Wildman–Crippen LogP) is 3.70. The zero-order chi connectivity index (χ0) is 16.5. The summed E-state index contributed by atoms with van der Waals surface area (Å²) in [6.45, 7) is 1.04. The lowest BCUT2D eigenvalue weighted by Crippen LogP contribution is -2.32. The predicted molar refractivity (Wildman–Crippen MR) is 95.5 cm³/mol. The molecule has 4 rings (SSSR count). The molecule has 0 saturated carbocycles. The van der Waals surface area contributed by atoms with E-state index in [1.54, 1.807) is 7.11 Å². The molecule has 2 aliphatic rings. The van der Waals surface area contributed by atoms with Crippen molar-refractivity contribution < 1.29 is 9.47 Å². The van der Waals surface area contributed by atoms with Crippen molar-refractivity contribution in [1.82, 2.24) is 5.32 Å². The maximum absolute atomic E-state index is 5.86. The molecular weight excluding hydrogens is 298 g/mol. The summed E-state index contributed by atoms with van der Waals surface area (Å²) in [5, 5.41) is 3.77. The summed E-state index contributed by atoms with van der Waals surface area (Å²) in [7, 11) is 3.56. The molecule has 3 heteroatoms. The average Bonchev–Trinajstić information content (AvgIpc) is 3.04. The van der Waals surface area contributed by atoms with Crippen molar-refractivity contribution in [2.75, 3.05) is 20.8 Å². The van der Waals surface area contributed by atoms with Gasteiger partial charge in [0, 0.05) is 31.2 Å². The van der Waals surface area contributed by atoms with Crippen molar-refractivity contribution in [3.63, 3.8) is 0 Å². The Balaban J connectivity index is 1.65. The van der Waals surface area contributed by atoms with Crippen molar-refractivity contribution in [3.8, 4) is 5.75 Å². The fourth-order valence-corrected chi connectivity index (χ4v) is 4.61. The maximum atomic E-state index is 5.86. The van der Waals surface area contributed by atoms with Crippen LogP contribution < -0.4 is 10.1 Å². The molecule has 1 aliphatic heterocycles. The van der Waals surface area contributed by atoms with E-state index in [0.717, 1.165) is 25.1 Å². The Hall–Kier alpha value is -1.84. The van der Waals surface area contributed by atoms with Crippen LogP contribution in [0, 0.1) is 5.92 Å². The standard InChI is InChI=1S/C21H25NO2/c1-23-19-10-6-9-15-17-13-22-18(11-14-7-4-3-5-8-14)16(17)12-20(24-2)21(15)19/h3-10,16-18,20,22H,11-13H2,1-2H3/t16?,17-,18-,20?/m1/s1. The SMILES string of the molecule is COc1cccc2c1C(OC)CC1[C@@H]2CN[C@@H]1Cc1ccccc1. The second-order valence-electron chi connectivity index (χ2n) is 6.90. The molecule has 126 valence electrons. The van der Waals surface area contributed by atoms with Gasteiger partial charge in [-0.3, -0.25) is 0 Å². The summed E-state index contributed by atoms with van der Waals surface area (Å²) in [5.74, 6) is 2.12. The van der Waals surface area contributed by atoms with Gasteiger partial charge in [-0.05, 0) is 36.0 Å². The number of fused-ring (bicyclic) bond motifs is 3. The van der Waals surface area contributed by atoms with Gasteiger partial charge in [0.05, 0.1) is 13.2 Å². The molecule has 3 nitrogen and oxygen atoms in total. The summed E-state index contributed by atoms with van der Waals surface area (Å²) < 4.78 is 11.5. The lowest BCUT2D eigenvalue weighted by Gasteiger charge is -2.36. The largest absolute Gasteiger partial charge is 0.496 e. The second kappa shape index (κ2) is 6.58. The van der Waals surface area contributed by atoms with Crippen molar-refractivity contribution >= 4 is 0 Å². The molecule has 1 fully saturated rings. The van der Waals surface area contributed by atoms with Crippen LogP contribution in [-0.2, 0) is 11.2 Å². The van der Waals surface area contributed by atoms with E-state index in [-0.39, 0.29) is 6.10 Å². The van der Waals surface area contributed by atoms with E-state index >= 15 is 0 Å². The fraction of sp³-hybridized carbons (Fsp3) is 0.429. The minimum atomic E-state index is 0.121. The quantitative estimate of drug-likeness (QED) is 0.930. The van der Waals surface area contributed by atoms with Gasteiger partial charge in [0.2, 0.25) is 0 Å². The molecule has 0 radical (unpaired) electrons. The minimum absolute atomic E-state index is 0.121. The van der Waals surface area contributed by atoms with Crippen LogP contribution in [0.2, 0.25) is 0 Å². The number of hydrogen-bond donors (Lipinski definition) is 1. The first kappa shape index (κ1) is 15.7. The van der Waals surface area contributed by atoms with Gasteiger partial charge in [-0.25, -0.2) is 0 Å². The van der Waals surface area contributed by atoms with Gasteiger partial charge >= 0.3 is 0 Å². The van der Waals surface area contributed by atoms with Crippen LogP contribution in [0.15, 0.2) is 48.5 Å². The monoisotopic (exact) mass is 323 g/mol. The highest BCUT2D eigenvalue weighted by molar-refractivity contribution is 5.47. The van der Waals surface area contributed by atoms with Crippen molar-refractivity contribution in [3.05, 3.63) is 65.2 Å². The second-order valence-corrected chi connectivity index (χ2v) is 6.90. The van der Waals surface area contributed by atoms with Gasteiger partial charge in [-0.2, -0.15) is 0 Å². The Morgan fingerprint density at radius 2 is 1.88 bits per heavy atom. The lowest BCUT2D eigenvalue weighted by molar-refractivity contribution is 0.0634. The van der Waals surface area contributed by atoms with Crippen LogP contribution in [0.4, 0.5) is 0 Å². The smallest absolute Gasteiger partial charge is 0.124 e. The van der Waals surface area contributed by atoms with E-state index in [0.29, 0.717) is 17.9 Å². The Kier molecular flexibility index (Phi) is 4.30. The summed E-state index contributed by atoms with van der Waals surface area (Å²) in [6.07, 6.45) is 2.26. The number of nitrogens with one attached hydrogen (secondary N) is 1. The summed E-state index contributed by atoms with van der Waals surface area (Å²) in [6, 6.07) is 17.7. The molecule has 1 N–H and O–H groups in total.